The van der Waals surface area contributed by atoms with Gasteiger partial charge < -0.3 is 9.84 Å². The van der Waals surface area contributed by atoms with Crippen LogP contribution in [-0.4, -0.2) is 35.4 Å². The molecule has 0 saturated carbocycles. The predicted octanol–water partition coefficient (Wildman–Crippen LogP) is 2.79. The molecule has 1 saturated heterocycles. The summed E-state index contributed by atoms with van der Waals surface area (Å²) in [6.07, 6.45) is 4.19. The average molecular weight is 263 g/mol. The quantitative estimate of drug-likeness (QED) is 0.821. The van der Waals surface area contributed by atoms with Crippen LogP contribution in [0.3, 0.4) is 0 Å². The van der Waals surface area contributed by atoms with E-state index in [1.807, 2.05) is 30.3 Å². The standard InChI is InChI=1S/C16H25NO2/c1-2-3-11-17-12-7-10-16(17,18)14-19-13-15-8-5-4-6-9-15/h4-6,8-9,18H,2-3,7,10-14H2,1H3. The third-order valence-electron chi connectivity index (χ3n) is 3.82. The van der Waals surface area contributed by atoms with Crippen LogP contribution in [0, 0.1) is 0 Å². The summed E-state index contributed by atoms with van der Waals surface area (Å²) in [5.41, 5.74) is 0.411. The molecule has 1 aromatic carbocycles. The highest BCUT2D eigenvalue weighted by Gasteiger charge is 2.38. The van der Waals surface area contributed by atoms with Gasteiger partial charge in [0.15, 0.2) is 0 Å². The van der Waals surface area contributed by atoms with Crippen LogP contribution in [0.5, 0.6) is 0 Å². The minimum atomic E-state index is -0.746. The van der Waals surface area contributed by atoms with Gasteiger partial charge in [-0.3, -0.25) is 4.90 Å². The summed E-state index contributed by atoms with van der Waals surface area (Å²) in [4.78, 5) is 2.18. The molecule has 1 unspecified atom stereocenters. The zero-order valence-corrected chi connectivity index (χ0v) is 11.8. The third-order valence-corrected chi connectivity index (χ3v) is 3.82. The Bertz CT molecular complexity index is 368. The number of benzene rings is 1. The molecule has 19 heavy (non-hydrogen) atoms. The van der Waals surface area contributed by atoms with Crippen LogP contribution in [0.25, 0.3) is 0 Å². The molecule has 1 aliphatic heterocycles. The van der Waals surface area contributed by atoms with Gasteiger partial charge in [0.05, 0.1) is 13.2 Å². The number of ether oxygens (including phenoxy) is 1. The van der Waals surface area contributed by atoms with Crippen LogP contribution in [-0.2, 0) is 11.3 Å². The van der Waals surface area contributed by atoms with Gasteiger partial charge in [-0.2, -0.15) is 0 Å². The second-order valence-corrected chi connectivity index (χ2v) is 5.41. The van der Waals surface area contributed by atoms with Crippen LogP contribution in [0.15, 0.2) is 30.3 Å². The fourth-order valence-corrected chi connectivity index (χ4v) is 2.66. The van der Waals surface area contributed by atoms with Gasteiger partial charge in [0.1, 0.15) is 5.72 Å². The summed E-state index contributed by atoms with van der Waals surface area (Å²) in [5.74, 6) is 0. The van der Waals surface area contributed by atoms with E-state index in [0.29, 0.717) is 13.2 Å². The van der Waals surface area contributed by atoms with Crippen LogP contribution in [0.4, 0.5) is 0 Å². The molecule has 1 aliphatic rings. The normalized spacial score (nSPS) is 23.9. The lowest BCUT2D eigenvalue weighted by Gasteiger charge is -2.33. The van der Waals surface area contributed by atoms with E-state index in [0.717, 1.165) is 44.3 Å². The highest BCUT2D eigenvalue weighted by Crippen LogP contribution is 2.27. The van der Waals surface area contributed by atoms with Crippen molar-refractivity contribution in [2.75, 3.05) is 19.7 Å². The van der Waals surface area contributed by atoms with Crippen molar-refractivity contribution in [2.45, 2.75) is 44.9 Å². The number of likely N-dealkylation sites (tertiary alicyclic amines) is 1. The van der Waals surface area contributed by atoms with Gasteiger partial charge in [-0.25, -0.2) is 0 Å². The first kappa shape index (κ1) is 14.5. The van der Waals surface area contributed by atoms with Gasteiger partial charge in [-0.05, 0) is 24.8 Å². The third kappa shape index (κ3) is 4.03. The molecule has 1 heterocycles. The van der Waals surface area contributed by atoms with Crippen molar-refractivity contribution in [3.8, 4) is 0 Å². The monoisotopic (exact) mass is 263 g/mol. The molecule has 0 aromatic heterocycles. The Kier molecular flexibility index (Phi) is 5.37. The van der Waals surface area contributed by atoms with Crippen molar-refractivity contribution in [2.24, 2.45) is 0 Å². The van der Waals surface area contributed by atoms with Gasteiger partial charge in [-0.15, -0.1) is 0 Å². The van der Waals surface area contributed by atoms with Crippen molar-refractivity contribution in [3.63, 3.8) is 0 Å². The molecule has 1 atom stereocenters. The highest BCUT2D eigenvalue weighted by atomic mass is 16.5. The number of rotatable bonds is 7. The first-order chi connectivity index (χ1) is 9.24. The molecule has 1 fully saturated rings. The molecule has 1 aromatic rings. The lowest BCUT2D eigenvalue weighted by molar-refractivity contribution is -0.134. The molecule has 1 N–H and O–H groups in total. The van der Waals surface area contributed by atoms with E-state index >= 15 is 0 Å². The number of hydrogen-bond acceptors (Lipinski definition) is 3. The van der Waals surface area contributed by atoms with Crippen LogP contribution >= 0.6 is 0 Å². The average Bonchev–Trinajstić information content (AvgIpc) is 2.79. The minimum Gasteiger partial charge on any atom is -0.373 e. The Labute approximate surface area is 116 Å². The molecule has 0 radical (unpaired) electrons. The topological polar surface area (TPSA) is 32.7 Å². The fraction of sp³-hybridized carbons (Fsp3) is 0.625. The SMILES string of the molecule is CCCCN1CCCC1(O)COCc1ccccc1. The Balaban J connectivity index is 1.80. The van der Waals surface area contributed by atoms with E-state index in [-0.39, 0.29) is 0 Å². The van der Waals surface area contributed by atoms with E-state index in [2.05, 4.69) is 11.8 Å². The number of unbranched alkanes of at least 4 members (excludes halogenated alkanes) is 1. The number of hydrogen-bond donors (Lipinski definition) is 1. The molecule has 106 valence electrons. The maximum Gasteiger partial charge on any atom is 0.142 e. The summed E-state index contributed by atoms with van der Waals surface area (Å²) < 4.78 is 5.73. The number of aliphatic hydroxyl groups is 1. The van der Waals surface area contributed by atoms with Crippen LogP contribution in [0.2, 0.25) is 0 Å². The number of nitrogens with zero attached hydrogens (tertiary/aromatic N) is 1. The van der Waals surface area contributed by atoms with Crippen molar-refractivity contribution < 1.29 is 9.84 Å². The van der Waals surface area contributed by atoms with Crippen LogP contribution in [0.1, 0.15) is 38.2 Å². The fourth-order valence-electron chi connectivity index (χ4n) is 2.66. The summed E-state index contributed by atoms with van der Waals surface area (Å²) in [6.45, 7) is 5.13. The van der Waals surface area contributed by atoms with Crippen molar-refractivity contribution in [3.05, 3.63) is 35.9 Å². The smallest absolute Gasteiger partial charge is 0.142 e. The first-order valence-electron chi connectivity index (χ1n) is 7.34. The summed E-state index contributed by atoms with van der Waals surface area (Å²) in [7, 11) is 0. The summed E-state index contributed by atoms with van der Waals surface area (Å²) >= 11 is 0. The molecule has 0 amide bonds. The zero-order valence-electron chi connectivity index (χ0n) is 11.8. The highest BCUT2D eigenvalue weighted by molar-refractivity contribution is 5.13. The zero-order chi connectivity index (χ0) is 13.6. The maximum absolute atomic E-state index is 10.7. The maximum atomic E-state index is 10.7. The second kappa shape index (κ2) is 7.04. The molecule has 0 spiro atoms. The Morgan fingerprint density at radius 1 is 1.32 bits per heavy atom. The molecule has 2 rings (SSSR count). The minimum absolute atomic E-state index is 0.408. The lowest BCUT2D eigenvalue weighted by Crippen LogP contribution is -2.47. The lowest BCUT2D eigenvalue weighted by atomic mass is 10.1. The van der Waals surface area contributed by atoms with E-state index in [9.17, 15) is 5.11 Å². The van der Waals surface area contributed by atoms with Gasteiger partial charge in [0.25, 0.3) is 0 Å². The van der Waals surface area contributed by atoms with Crippen molar-refractivity contribution in [1.82, 2.24) is 4.90 Å². The molecular weight excluding hydrogens is 238 g/mol. The molecular formula is C16H25NO2. The van der Waals surface area contributed by atoms with Crippen molar-refractivity contribution in [1.29, 1.82) is 0 Å². The Morgan fingerprint density at radius 3 is 2.84 bits per heavy atom. The Morgan fingerprint density at radius 2 is 2.11 bits per heavy atom. The van der Waals surface area contributed by atoms with E-state index in [4.69, 9.17) is 4.74 Å². The second-order valence-electron chi connectivity index (χ2n) is 5.41. The molecule has 3 heteroatoms. The van der Waals surface area contributed by atoms with E-state index in [1.165, 1.54) is 0 Å². The molecule has 0 aliphatic carbocycles. The summed E-state index contributed by atoms with van der Waals surface area (Å²) in [6, 6.07) is 10.1. The molecule has 3 nitrogen and oxygen atoms in total. The van der Waals surface area contributed by atoms with E-state index < -0.39 is 5.72 Å². The first-order valence-corrected chi connectivity index (χ1v) is 7.34. The largest absolute Gasteiger partial charge is 0.373 e. The van der Waals surface area contributed by atoms with Gasteiger partial charge in [0.2, 0.25) is 0 Å². The Hall–Kier alpha value is -0.900. The summed E-state index contributed by atoms with van der Waals surface area (Å²) in [5, 5.41) is 10.7. The van der Waals surface area contributed by atoms with Gasteiger partial charge in [-0.1, -0.05) is 43.7 Å². The van der Waals surface area contributed by atoms with Crippen molar-refractivity contribution >= 4 is 0 Å². The van der Waals surface area contributed by atoms with Gasteiger partial charge >= 0.3 is 0 Å². The predicted molar refractivity (Wildman–Crippen MR) is 76.8 cm³/mol. The van der Waals surface area contributed by atoms with E-state index in [1.54, 1.807) is 0 Å². The molecule has 0 bridgehead atoms. The van der Waals surface area contributed by atoms with Gasteiger partial charge in [0, 0.05) is 13.1 Å². The van der Waals surface area contributed by atoms with Crippen LogP contribution < -0.4 is 0 Å².